The molecule has 0 spiro atoms. The molecule has 0 bridgehead atoms. The van der Waals surface area contributed by atoms with E-state index in [0.29, 0.717) is 18.0 Å². The molecule has 1 unspecified atom stereocenters. The summed E-state index contributed by atoms with van der Waals surface area (Å²) in [6.45, 7) is 6.55. The summed E-state index contributed by atoms with van der Waals surface area (Å²) in [6.07, 6.45) is 0. The van der Waals surface area contributed by atoms with E-state index in [9.17, 15) is 4.79 Å². The molecule has 0 aliphatic rings. The number of para-hydroxylation sites is 3. The number of hydrogen-bond donors (Lipinski definition) is 2. The summed E-state index contributed by atoms with van der Waals surface area (Å²) in [5.41, 5.74) is 2.81. The van der Waals surface area contributed by atoms with Gasteiger partial charge in [-0.3, -0.25) is 4.79 Å². The zero-order valence-electron chi connectivity index (χ0n) is 14.6. The number of halogens is 1. The van der Waals surface area contributed by atoms with Crippen LogP contribution in [-0.4, -0.2) is 19.5 Å². The predicted octanol–water partition coefficient (Wildman–Crippen LogP) is 4.31. The number of nitrogens with one attached hydrogen (secondary N) is 2. The van der Waals surface area contributed by atoms with Crippen molar-refractivity contribution in [1.82, 2.24) is 5.32 Å². The first-order valence-electron chi connectivity index (χ1n) is 7.81. The summed E-state index contributed by atoms with van der Waals surface area (Å²) < 4.78 is 6.08. The van der Waals surface area contributed by atoms with E-state index < -0.39 is 0 Å². The molecule has 2 N–H and O–H groups in total. The van der Waals surface area contributed by atoms with Gasteiger partial charge in [0.2, 0.25) is 5.91 Å². The predicted molar refractivity (Wildman–Crippen MR) is 101 cm³/mol. The zero-order valence-corrected chi connectivity index (χ0v) is 15.4. The lowest BCUT2D eigenvalue weighted by Crippen LogP contribution is -2.28. The monoisotopic (exact) mass is 348 g/mol. The van der Waals surface area contributed by atoms with Crippen LogP contribution in [0.1, 0.15) is 18.1 Å². The Labute approximate surface area is 150 Å². The number of aryl methyl sites for hydroxylation is 2. The summed E-state index contributed by atoms with van der Waals surface area (Å²) >= 11 is 0. The topological polar surface area (TPSA) is 50.4 Å². The molecule has 2 aromatic rings. The van der Waals surface area contributed by atoms with Gasteiger partial charge < -0.3 is 15.4 Å². The van der Waals surface area contributed by atoms with E-state index in [1.807, 2.05) is 70.3 Å². The van der Waals surface area contributed by atoms with Crippen molar-refractivity contribution >= 4 is 24.0 Å². The minimum atomic E-state index is -0.117. The second kappa shape index (κ2) is 9.30. The molecule has 24 heavy (non-hydrogen) atoms. The van der Waals surface area contributed by atoms with Gasteiger partial charge in [-0.15, -0.1) is 12.4 Å². The van der Waals surface area contributed by atoms with E-state index >= 15 is 0 Å². The molecule has 0 fully saturated rings. The fraction of sp³-hybridized carbons (Fsp3) is 0.316. The third-order valence-corrected chi connectivity index (χ3v) is 3.72. The molecule has 0 radical (unpaired) electrons. The van der Waals surface area contributed by atoms with Crippen LogP contribution in [0.4, 0.5) is 5.69 Å². The molecule has 1 amide bonds. The Balaban J connectivity index is 0.00000288. The average molecular weight is 349 g/mol. The fourth-order valence-corrected chi connectivity index (χ4v) is 2.38. The van der Waals surface area contributed by atoms with Crippen LogP contribution < -0.4 is 15.4 Å². The van der Waals surface area contributed by atoms with E-state index in [4.69, 9.17) is 4.74 Å². The Hall–Kier alpha value is -2.04. The summed E-state index contributed by atoms with van der Waals surface area (Å²) in [6, 6.07) is 13.5. The summed E-state index contributed by atoms with van der Waals surface area (Å²) in [4.78, 5) is 12.2. The molecular weight excluding hydrogens is 324 g/mol. The first kappa shape index (κ1) is 20.0. The van der Waals surface area contributed by atoms with Crippen LogP contribution >= 0.6 is 12.4 Å². The lowest BCUT2D eigenvalue weighted by atomic mass is 10.1. The third kappa shape index (κ3) is 4.98. The molecular formula is C19H25ClN2O2. The van der Waals surface area contributed by atoms with Gasteiger partial charge in [0.25, 0.3) is 0 Å². The van der Waals surface area contributed by atoms with E-state index in [2.05, 4.69) is 10.6 Å². The van der Waals surface area contributed by atoms with E-state index in [1.165, 1.54) is 0 Å². The van der Waals surface area contributed by atoms with Crippen LogP contribution in [0.5, 0.6) is 11.5 Å². The van der Waals surface area contributed by atoms with Gasteiger partial charge in [0.05, 0.1) is 5.69 Å². The number of amides is 1. The Morgan fingerprint density at radius 2 is 1.71 bits per heavy atom. The highest BCUT2D eigenvalue weighted by Crippen LogP contribution is 2.33. The van der Waals surface area contributed by atoms with Crippen molar-refractivity contribution < 1.29 is 9.53 Å². The fourth-order valence-electron chi connectivity index (χ4n) is 2.38. The largest absolute Gasteiger partial charge is 0.455 e. The van der Waals surface area contributed by atoms with Crippen LogP contribution in [0.3, 0.4) is 0 Å². The highest BCUT2D eigenvalue weighted by molar-refractivity contribution is 5.94. The van der Waals surface area contributed by atoms with Crippen molar-refractivity contribution in [2.24, 2.45) is 5.92 Å². The second-order valence-corrected chi connectivity index (χ2v) is 5.77. The van der Waals surface area contributed by atoms with Gasteiger partial charge in [0, 0.05) is 12.5 Å². The van der Waals surface area contributed by atoms with Crippen molar-refractivity contribution in [3.8, 4) is 11.5 Å². The van der Waals surface area contributed by atoms with Crippen molar-refractivity contribution in [2.75, 3.05) is 18.9 Å². The van der Waals surface area contributed by atoms with Gasteiger partial charge >= 0.3 is 0 Å². The average Bonchev–Trinajstić information content (AvgIpc) is 2.52. The standard InChI is InChI=1S/C19H24N2O2.ClH/c1-13-8-7-9-14(2)18(13)23-17-11-6-5-10-16(17)21-19(22)15(3)12-20-4;/h5-11,15,20H,12H2,1-4H3,(H,21,22);1H. The Morgan fingerprint density at radius 1 is 1.08 bits per heavy atom. The molecule has 0 heterocycles. The number of carbonyl (C=O) groups excluding carboxylic acids is 1. The van der Waals surface area contributed by atoms with Crippen molar-refractivity contribution in [1.29, 1.82) is 0 Å². The quantitative estimate of drug-likeness (QED) is 0.817. The highest BCUT2D eigenvalue weighted by Gasteiger charge is 2.15. The molecule has 4 nitrogen and oxygen atoms in total. The van der Waals surface area contributed by atoms with Crippen molar-refractivity contribution in [3.05, 3.63) is 53.6 Å². The van der Waals surface area contributed by atoms with Crippen LogP contribution in [0.15, 0.2) is 42.5 Å². The lowest BCUT2D eigenvalue weighted by Gasteiger charge is -2.17. The van der Waals surface area contributed by atoms with Gasteiger partial charge in [-0.05, 0) is 44.2 Å². The number of benzene rings is 2. The molecule has 0 saturated carbocycles. The van der Waals surface area contributed by atoms with Gasteiger partial charge in [0.15, 0.2) is 5.75 Å². The normalized spacial score (nSPS) is 11.3. The molecule has 5 heteroatoms. The van der Waals surface area contributed by atoms with E-state index in [0.717, 1.165) is 16.9 Å². The van der Waals surface area contributed by atoms with Gasteiger partial charge in [0.1, 0.15) is 5.75 Å². The summed E-state index contributed by atoms with van der Waals surface area (Å²) in [5.74, 6) is 1.33. The van der Waals surface area contributed by atoms with Gasteiger partial charge in [-0.25, -0.2) is 0 Å². The van der Waals surface area contributed by atoms with Crippen LogP contribution in [0.2, 0.25) is 0 Å². The number of ether oxygens (including phenoxy) is 1. The highest BCUT2D eigenvalue weighted by atomic mass is 35.5. The summed E-state index contributed by atoms with van der Waals surface area (Å²) in [7, 11) is 1.84. The van der Waals surface area contributed by atoms with Gasteiger partial charge in [-0.1, -0.05) is 37.3 Å². The number of carbonyl (C=O) groups is 1. The maximum atomic E-state index is 12.2. The first-order chi connectivity index (χ1) is 11.0. The minimum Gasteiger partial charge on any atom is -0.455 e. The Kier molecular flexibility index (Phi) is 7.75. The van der Waals surface area contributed by atoms with Crippen molar-refractivity contribution in [3.63, 3.8) is 0 Å². The summed E-state index contributed by atoms with van der Waals surface area (Å²) in [5, 5.41) is 5.96. The minimum absolute atomic E-state index is 0. The number of anilines is 1. The number of rotatable bonds is 6. The SMILES string of the molecule is CNCC(C)C(=O)Nc1ccccc1Oc1c(C)cccc1C.Cl. The zero-order chi connectivity index (χ0) is 16.8. The molecule has 0 saturated heterocycles. The smallest absolute Gasteiger partial charge is 0.228 e. The maximum Gasteiger partial charge on any atom is 0.228 e. The maximum absolute atomic E-state index is 12.2. The van der Waals surface area contributed by atoms with Crippen molar-refractivity contribution in [2.45, 2.75) is 20.8 Å². The van der Waals surface area contributed by atoms with Crippen LogP contribution in [0.25, 0.3) is 0 Å². The molecule has 0 aromatic heterocycles. The third-order valence-electron chi connectivity index (χ3n) is 3.72. The van der Waals surface area contributed by atoms with Crippen LogP contribution in [0, 0.1) is 19.8 Å². The first-order valence-corrected chi connectivity index (χ1v) is 7.81. The molecule has 2 rings (SSSR count). The molecule has 0 aliphatic carbocycles. The molecule has 0 aliphatic heterocycles. The Morgan fingerprint density at radius 3 is 2.33 bits per heavy atom. The lowest BCUT2D eigenvalue weighted by molar-refractivity contribution is -0.119. The molecule has 1 atom stereocenters. The molecule has 2 aromatic carbocycles. The van der Waals surface area contributed by atoms with E-state index in [-0.39, 0.29) is 24.2 Å². The van der Waals surface area contributed by atoms with E-state index in [1.54, 1.807) is 0 Å². The van der Waals surface area contributed by atoms with Gasteiger partial charge in [-0.2, -0.15) is 0 Å². The Bertz CT molecular complexity index is 669. The van der Waals surface area contributed by atoms with Crippen LogP contribution in [-0.2, 0) is 4.79 Å². The molecule has 130 valence electrons. The number of hydrogen-bond acceptors (Lipinski definition) is 3. The second-order valence-electron chi connectivity index (χ2n) is 5.77.